The highest BCUT2D eigenvalue weighted by Crippen LogP contribution is 2.30. The van der Waals surface area contributed by atoms with Crippen molar-refractivity contribution < 1.29 is 0 Å². The maximum Gasteiger partial charge on any atom is 0.165 e. The Hall–Kier alpha value is -1.94. The number of aromatic nitrogens is 4. The Kier molecular flexibility index (Phi) is 2.75. The molecule has 0 aliphatic heterocycles. The number of benzene rings is 1. The molecule has 0 saturated carbocycles. The summed E-state index contributed by atoms with van der Waals surface area (Å²) < 4.78 is 1.87. The van der Waals surface area contributed by atoms with Gasteiger partial charge in [0.2, 0.25) is 0 Å². The third-order valence-electron chi connectivity index (χ3n) is 3.32. The summed E-state index contributed by atoms with van der Waals surface area (Å²) in [6.07, 6.45) is 1.66. The van der Waals surface area contributed by atoms with Crippen LogP contribution in [0.1, 0.15) is 25.2 Å². The third-order valence-corrected chi connectivity index (χ3v) is 3.53. The minimum Gasteiger partial charge on any atom is -0.268 e. The fraction of sp³-hybridized carbons (Fsp3) is 0.214. The van der Waals surface area contributed by atoms with Gasteiger partial charge in [0.1, 0.15) is 17.3 Å². The van der Waals surface area contributed by atoms with E-state index in [1.807, 2.05) is 22.6 Å². The zero-order valence-corrected chi connectivity index (χ0v) is 11.5. The SMILES string of the molecule is CC(C)(c1ccccc1)c1nnc2cc(Cl)ncn12. The normalized spacial score (nSPS) is 11.9. The van der Waals surface area contributed by atoms with E-state index in [9.17, 15) is 0 Å². The van der Waals surface area contributed by atoms with E-state index in [0.717, 1.165) is 5.82 Å². The van der Waals surface area contributed by atoms with E-state index in [-0.39, 0.29) is 5.41 Å². The summed E-state index contributed by atoms with van der Waals surface area (Å²) in [5, 5.41) is 8.88. The van der Waals surface area contributed by atoms with Crippen LogP contribution in [0.25, 0.3) is 5.65 Å². The molecule has 0 aliphatic rings. The van der Waals surface area contributed by atoms with Gasteiger partial charge >= 0.3 is 0 Å². The Morgan fingerprint density at radius 1 is 1.11 bits per heavy atom. The number of hydrogen-bond acceptors (Lipinski definition) is 3. The topological polar surface area (TPSA) is 43.1 Å². The molecule has 0 spiro atoms. The second-order valence-electron chi connectivity index (χ2n) is 4.95. The quantitative estimate of drug-likeness (QED) is 0.673. The molecule has 0 bridgehead atoms. The highest BCUT2D eigenvalue weighted by Gasteiger charge is 2.28. The van der Waals surface area contributed by atoms with Crippen LogP contribution in [0.4, 0.5) is 0 Å². The summed E-state index contributed by atoms with van der Waals surface area (Å²) in [5.74, 6) is 0.845. The molecule has 2 heterocycles. The van der Waals surface area contributed by atoms with Crippen LogP contribution >= 0.6 is 11.6 Å². The molecule has 2 aromatic heterocycles. The third kappa shape index (κ3) is 1.98. The van der Waals surface area contributed by atoms with Gasteiger partial charge in [-0.2, -0.15) is 0 Å². The first kappa shape index (κ1) is 12.1. The molecule has 0 N–H and O–H groups in total. The van der Waals surface area contributed by atoms with Crippen molar-refractivity contribution in [3.05, 3.63) is 59.3 Å². The first-order valence-corrected chi connectivity index (χ1v) is 6.39. The summed E-state index contributed by atoms with van der Waals surface area (Å²) in [6.45, 7) is 4.24. The van der Waals surface area contributed by atoms with Crippen LogP contribution < -0.4 is 0 Å². The Bertz CT molecular complexity index is 719. The molecular weight excluding hydrogens is 260 g/mol. The molecular formula is C14H13ClN4. The van der Waals surface area contributed by atoms with Gasteiger partial charge in [-0.3, -0.25) is 4.40 Å². The van der Waals surface area contributed by atoms with Gasteiger partial charge in [-0.05, 0) is 19.4 Å². The highest BCUT2D eigenvalue weighted by molar-refractivity contribution is 6.29. The van der Waals surface area contributed by atoms with Crippen molar-refractivity contribution in [1.29, 1.82) is 0 Å². The first-order chi connectivity index (χ1) is 9.09. The molecule has 1 aromatic carbocycles. The van der Waals surface area contributed by atoms with Gasteiger partial charge in [0, 0.05) is 6.07 Å². The predicted octanol–water partition coefficient (Wildman–Crippen LogP) is 3.10. The second-order valence-corrected chi connectivity index (χ2v) is 5.34. The zero-order chi connectivity index (χ0) is 13.5. The largest absolute Gasteiger partial charge is 0.268 e. The predicted molar refractivity (Wildman–Crippen MR) is 74.4 cm³/mol. The standard InChI is InChI=1S/C14H13ClN4/c1-14(2,10-6-4-3-5-7-10)13-18-17-12-8-11(15)16-9-19(12)13/h3-9H,1-2H3. The molecule has 0 unspecified atom stereocenters. The van der Waals surface area contributed by atoms with Crippen LogP contribution in [-0.4, -0.2) is 19.6 Å². The van der Waals surface area contributed by atoms with Crippen LogP contribution in [0.15, 0.2) is 42.7 Å². The van der Waals surface area contributed by atoms with Crippen molar-refractivity contribution in [2.24, 2.45) is 0 Å². The fourth-order valence-corrected chi connectivity index (χ4v) is 2.32. The zero-order valence-electron chi connectivity index (χ0n) is 10.7. The number of rotatable bonds is 2. The molecule has 0 radical (unpaired) electrons. The van der Waals surface area contributed by atoms with Crippen molar-refractivity contribution in [1.82, 2.24) is 19.6 Å². The van der Waals surface area contributed by atoms with Crippen molar-refractivity contribution >= 4 is 17.2 Å². The van der Waals surface area contributed by atoms with Gasteiger partial charge in [-0.25, -0.2) is 4.98 Å². The molecule has 0 saturated heterocycles. The lowest BCUT2D eigenvalue weighted by Gasteiger charge is -2.23. The Balaban J connectivity index is 2.19. The first-order valence-electron chi connectivity index (χ1n) is 6.01. The van der Waals surface area contributed by atoms with Gasteiger partial charge in [-0.15, -0.1) is 10.2 Å². The molecule has 3 aromatic rings. The van der Waals surface area contributed by atoms with Crippen LogP contribution in [0, 0.1) is 0 Å². The fourth-order valence-electron chi connectivity index (χ4n) is 2.18. The summed E-state index contributed by atoms with van der Waals surface area (Å²) in [5.41, 5.74) is 1.63. The molecule has 3 rings (SSSR count). The molecule has 0 aliphatic carbocycles. The average molecular weight is 273 g/mol. The average Bonchev–Trinajstić information content (AvgIpc) is 2.83. The second kappa shape index (κ2) is 4.31. The van der Waals surface area contributed by atoms with E-state index < -0.39 is 0 Å². The van der Waals surface area contributed by atoms with E-state index in [4.69, 9.17) is 11.6 Å². The lowest BCUT2D eigenvalue weighted by atomic mass is 9.84. The van der Waals surface area contributed by atoms with Gasteiger partial charge in [0.25, 0.3) is 0 Å². The number of hydrogen-bond donors (Lipinski definition) is 0. The summed E-state index contributed by atoms with van der Waals surface area (Å²) >= 11 is 5.87. The minimum atomic E-state index is -0.254. The highest BCUT2D eigenvalue weighted by atomic mass is 35.5. The lowest BCUT2D eigenvalue weighted by molar-refractivity contribution is 0.581. The van der Waals surface area contributed by atoms with E-state index in [1.165, 1.54) is 5.56 Å². The van der Waals surface area contributed by atoms with E-state index in [1.54, 1.807) is 12.4 Å². The van der Waals surface area contributed by atoms with Gasteiger partial charge in [0.05, 0.1) is 5.41 Å². The van der Waals surface area contributed by atoms with Crippen LogP contribution in [0.5, 0.6) is 0 Å². The molecule has 0 fully saturated rings. The maximum absolute atomic E-state index is 5.87. The number of nitrogens with zero attached hydrogens (tertiary/aromatic N) is 4. The van der Waals surface area contributed by atoms with Crippen LogP contribution in [0.2, 0.25) is 5.15 Å². The van der Waals surface area contributed by atoms with Crippen molar-refractivity contribution in [3.8, 4) is 0 Å². The Morgan fingerprint density at radius 2 is 1.84 bits per heavy atom. The van der Waals surface area contributed by atoms with Crippen molar-refractivity contribution in [3.63, 3.8) is 0 Å². The monoisotopic (exact) mass is 272 g/mol. The number of fused-ring (bicyclic) bond motifs is 1. The van der Waals surface area contributed by atoms with Gasteiger partial charge in [0.15, 0.2) is 5.65 Å². The molecule has 0 amide bonds. The molecule has 5 heteroatoms. The van der Waals surface area contributed by atoms with Gasteiger partial charge < -0.3 is 0 Å². The molecule has 4 nitrogen and oxygen atoms in total. The molecule has 19 heavy (non-hydrogen) atoms. The molecule has 96 valence electrons. The maximum atomic E-state index is 5.87. The summed E-state index contributed by atoms with van der Waals surface area (Å²) in [7, 11) is 0. The summed E-state index contributed by atoms with van der Waals surface area (Å²) in [6, 6.07) is 11.9. The van der Waals surface area contributed by atoms with Crippen LogP contribution in [-0.2, 0) is 5.41 Å². The number of halogens is 1. The minimum absolute atomic E-state index is 0.254. The van der Waals surface area contributed by atoms with Gasteiger partial charge in [-0.1, -0.05) is 41.9 Å². The molecule has 0 atom stereocenters. The Morgan fingerprint density at radius 3 is 2.58 bits per heavy atom. The van der Waals surface area contributed by atoms with E-state index >= 15 is 0 Å². The summed E-state index contributed by atoms with van der Waals surface area (Å²) in [4.78, 5) is 4.10. The smallest absolute Gasteiger partial charge is 0.165 e. The van der Waals surface area contributed by atoms with E-state index in [0.29, 0.717) is 10.8 Å². The lowest BCUT2D eigenvalue weighted by Crippen LogP contribution is -2.22. The van der Waals surface area contributed by atoms with Crippen molar-refractivity contribution in [2.45, 2.75) is 19.3 Å². The van der Waals surface area contributed by atoms with Crippen LogP contribution in [0.3, 0.4) is 0 Å². The van der Waals surface area contributed by atoms with Crippen molar-refractivity contribution in [2.75, 3.05) is 0 Å². The Labute approximate surface area is 116 Å². The van der Waals surface area contributed by atoms with E-state index in [2.05, 4.69) is 41.2 Å².